The molecule has 0 radical (unpaired) electrons. The lowest BCUT2D eigenvalue weighted by Crippen LogP contribution is -2.61. The predicted octanol–water partition coefficient (Wildman–Crippen LogP) is 5.59. The van der Waals surface area contributed by atoms with Crippen molar-refractivity contribution in [2.45, 2.75) is 231 Å². The number of fused-ring (bicyclic) bond motifs is 20. The minimum absolute atomic E-state index is 0.142. The number of sulfonamides is 2. The van der Waals surface area contributed by atoms with Crippen LogP contribution in [-0.2, 0) is 20.0 Å². The molecule has 0 aromatic rings. The van der Waals surface area contributed by atoms with Crippen LogP contribution >= 0.6 is 0 Å². The molecule has 9 fully saturated rings. The van der Waals surface area contributed by atoms with Gasteiger partial charge in [0.2, 0.25) is 20.0 Å². The second-order valence-electron chi connectivity index (χ2n) is 22.1. The molecular formula is C48H94N10O4S2. The SMILES string of the molecule is C1CCC2C3NC(NC4NC(NC5NC(NC6NC(N3)C3CCCCC63)C3CCCCC53)C3CCCCC43)C2C1.CCCCC(CC)CS(N)(=O)=O.CCCCC(CC)CS(N)(=O)=O. The van der Waals surface area contributed by atoms with Crippen molar-refractivity contribution < 1.29 is 16.8 Å². The molecule has 0 aromatic carbocycles. The fourth-order valence-corrected chi connectivity index (χ4v) is 16.5. The first kappa shape index (κ1) is 51.4. The lowest BCUT2D eigenvalue weighted by atomic mass is 9.76. The summed E-state index contributed by atoms with van der Waals surface area (Å²) in [5.74, 6) is 6.75. The first-order valence-electron chi connectivity index (χ1n) is 26.9. The van der Waals surface area contributed by atoms with E-state index in [1.807, 2.05) is 13.8 Å². The summed E-state index contributed by atoms with van der Waals surface area (Å²) in [7, 11) is -6.53. The molecular weight excluding hydrogens is 845 g/mol. The first-order chi connectivity index (χ1) is 30.8. The van der Waals surface area contributed by atoms with Crippen molar-refractivity contribution in [3.8, 4) is 0 Å². The van der Waals surface area contributed by atoms with Gasteiger partial charge in [0.1, 0.15) is 0 Å². The van der Waals surface area contributed by atoms with Gasteiger partial charge in [-0.2, -0.15) is 0 Å². The summed E-state index contributed by atoms with van der Waals surface area (Å²) in [5, 5.41) is 43.7. The molecule has 372 valence electrons. The Kier molecular flexibility index (Phi) is 19.2. The third-order valence-electron chi connectivity index (χ3n) is 17.8. The minimum atomic E-state index is -3.27. The molecule has 9 rings (SSSR count). The van der Waals surface area contributed by atoms with E-state index in [1.165, 1.54) is 103 Å². The summed E-state index contributed by atoms with van der Waals surface area (Å²) >= 11 is 0. The summed E-state index contributed by atoms with van der Waals surface area (Å²) in [6.45, 7) is 8.21. The van der Waals surface area contributed by atoms with E-state index in [1.54, 1.807) is 0 Å². The van der Waals surface area contributed by atoms with Crippen LogP contribution in [0.4, 0.5) is 0 Å². The van der Waals surface area contributed by atoms with Gasteiger partial charge in [0.25, 0.3) is 0 Å². The predicted molar refractivity (Wildman–Crippen MR) is 260 cm³/mol. The molecule has 0 spiro atoms. The molecule has 5 heterocycles. The van der Waals surface area contributed by atoms with Crippen molar-refractivity contribution in [2.75, 3.05) is 11.5 Å². The van der Waals surface area contributed by atoms with Crippen LogP contribution in [0.2, 0.25) is 0 Å². The van der Waals surface area contributed by atoms with Crippen LogP contribution in [0, 0.1) is 59.2 Å². The highest BCUT2D eigenvalue weighted by atomic mass is 32.2. The quantitative estimate of drug-likeness (QED) is 0.116. The van der Waals surface area contributed by atoms with Crippen LogP contribution in [0.5, 0.6) is 0 Å². The summed E-state index contributed by atoms with van der Waals surface area (Å²) in [5.41, 5.74) is 0. The maximum Gasteiger partial charge on any atom is 0.209 e. The number of primary sulfonamides is 2. The molecule has 10 unspecified atom stereocenters. The average Bonchev–Trinajstić information content (AvgIpc) is 4.02. The second kappa shape index (κ2) is 23.9. The van der Waals surface area contributed by atoms with Gasteiger partial charge >= 0.3 is 0 Å². The van der Waals surface area contributed by atoms with Gasteiger partial charge in [0.15, 0.2) is 0 Å². The van der Waals surface area contributed by atoms with Gasteiger partial charge < -0.3 is 0 Å². The monoisotopic (exact) mass is 939 g/mol. The fourth-order valence-electron chi connectivity index (χ4n) is 14.4. The zero-order valence-corrected chi connectivity index (χ0v) is 42.0. The van der Waals surface area contributed by atoms with Gasteiger partial charge in [-0.3, -0.25) is 42.5 Å². The Morgan fingerprint density at radius 3 is 0.703 bits per heavy atom. The van der Waals surface area contributed by atoms with Crippen molar-refractivity contribution in [1.29, 1.82) is 0 Å². The molecule has 4 saturated carbocycles. The molecule has 14 nitrogen and oxygen atoms in total. The van der Waals surface area contributed by atoms with Crippen LogP contribution in [0.15, 0.2) is 0 Å². The molecule has 64 heavy (non-hydrogen) atoms. The Balaban J connectivity index is 0.000000212. The fraction of sp³-hybridized carbons (Fsp3) is 1.00. The Labute approximate surface area is 389 Å². The highest BCUT2D eigenvalue weighted by Gasteiger charge is 2.54. The van der Waals surface area contributed by atoms with E-state index in [4.69, 9.17) is 10.3 Å². The summed E-state index contributed by atoms with van der Waals surface area (Å²) in [6.07, 6.45) is 33.7. The third-order valence-corrected chi connectivity index (χ3v) is 19.7. The lowest BCUT2D eigenvalue weighted by Gasteiger charge is -2.35. The molecule has 9 aliphatic rings. The molecule has 0 aromatic heterocycles. The van der Waals surface area contributed by atoms with E-state index in [0.29, 0.717) is 49.3 Å². The van der Waals surface area contributed by atoms with Crippen molar-refractivity contribution in [3.05, 3.63) is 0 Å². The van der Waals surface area contributed by atoms with Gasteiger partial charge in [0.05, 0.1) is 60.8 Å². The topological polar surface area (TPSA) is 217 Å². The highest BCUT2D eigenvalue weighted by Crippen LogP contribution is 2.45. The van der Waals surface area contributed by atoms with Crippen LogP contribution in [0.1, 0.15) is 182 Å². The van der Waals surface area contributed by atoms with E-state index in [9.17, 15) is 16.8 Å². The van der Waals surface area contributed by atoms with Gasteiger partial charge in [-0.1, -0.05) is 118 Å². The van der Waals surface area contributed by atoms with Crippen LogP contribution in [0.25, 0.3) is 0 Å². The van der Waals surface area contributed by atoms with Crippen molar-refractivity contribution in [3.63, 3.8) is 0 Å². The smallest absolute Gasteiger partial charge is 0.209 e. The number of nitrogens with one attached hydrogen (secondary N) is 8. The standard InChI is InChI=1S/C32H56N8.2C8H19NO2S/c1-2-10-18-17(9-1)25-33-26(18)38-28-21-13-5-6-14-22(21)30(35-28)40-32-24-16-8-7-15-23(24)31(36-32)39-29-20-12-4-3-11-19(20)27(34-29)37-25;2*1-3-5-6-8(4-2)7-12(9,10)11/h17-40H,1-16H2;2*8H,3-7H2,1-2H3,(H2,9,10,11). The Hall–Kier alpha value is -0.500. The van der Waals surface area contributed by atoms with Crippen LogP contribution < -0.4 is 52.8 Å². The van der Waals surface area contributed by atoms with Gasteiger partial charge in [0, 0.05) is 0 Å². The largest absolute Gasteiger partial charge is 0.286 e. The lowest BCUT2D eigenvalue weighted by molar-refractivity contribution is 0.167. The molecule has 5 saturated heterocycles. The van der Waals surface area contributed by atoms with E-state index in [2.05, 4.69) is 56.4 Å². The second-order valence-corrected chi connectivity index (χ2v) is 25.4. The van der Waals surface area contributed by atoms with Gasteiger partial charge in [-0.25, -0.2) is 27.1 Å². The number of hydrogen-bond donors (Lipinski definition) is 10. The van der Waals surface area contributed by atoms with E-state index >= 15 is 0 Å². The molecule has 12 N–H and O–H groups in total. The Morgan fingerprint density at radius 1 is 0.375 bits per heavy atom. The molecule has 10 atom stereocenters. The number of rotatable bonds is 12. The molecule has 16 heteroatoms. The molecule has 8 bridgehead atoms. The van der Waals surface area contributed by atoms with Gasteiger partial charge in [-0.05, 0) is 123 Å². The highest BCUT2D eigenvalue weighted by molar-refractivity contribution is 7.89. The summed E-state index contributed by atoms with van der Waals surface area (Å²) in [6, 6.07) is 0. The van der Waals surface area contributed by atoms with Gasteiger partial charge in [-0.15, -0.1) is 0 Å². The third kappa shape index (κ3) is 13.4. The van der Waals surface area contributed by atoms with Crippen molar-refractivity contribution in [1.82, 2.24) is 42.5 Å². The van der Waals surface area contributed by atoms with Crippen LogP contribution in [-0.4, -0.2) is 77.7 Å². The number of nitrogens with two attached hydrogens (primary N) is 2. The normalized spacial score (nSPS) is 41.5. The van der Waals surface area contributed by atoms with E-state index < -0.39 is 20.0 Å². The average molecular weight is 939 g/mol. The number of hydrogen-bond acceptors (Lipinski definition) is 12. The van der Waals surface area contributed by atoms with Crippen molar-refractivity contribution in [2.24, 2.45) is 69.5 Å². The zero-order chi connectivity index (χ0) is 45.4. The Morgan fingerprint density at radius 2 is 0.562 bits per heavy atom. The molecule has 0 amide bonds. The zero-order valence-electron chi connectivity index (χ0n) is 40.4. The minimum Gasteiger partial charge on any atom is -0.286 e. The number of unbranched alkanes of at least 4 members (excludes halogenated alkanes) is 2. The summed E-state index contributed by atoms with van der Waals surface area (Å²) < 4.78 is 43.0. The first-order valence-corrected chi connectivity index (χ1v) is 30.3. The van der Waals surface area contributed by atoms with Crippen LogP contribution in [0.3, 0.4) is 0 Å². The maximum absolute atomic E-state index is 10.7. The molecule has 4 aliphatic carbocycles. The van der Waals surface area contributed by atoms with Crippen molar-refractivity contribution >= 4 is 20.0 Å². The summed E-state index contributed by atoms with van der Waals surface area (Å²) in [4.78, 5) is 0. The maximum atomic E-state index is 10.7. The molecule has 5 aliphatic heterocycles. The van der Waals surface area contributed by atoms with E-state index in [0.717, 1.165) is 98.7 Å². The van der Waals surface area contributed by atoms with E-state index in [-0.39, 0.29) is 23.3 Å². The Bertz CT molecular complexity index is 1390.